The van der Waals surface area contributed by atoms with Crippen LogP contribution in [0.3, 0.4) is 0 Å². The maximum absolute atomic E-state index is 14.2. The molecule has 0 aromatic heterocycles. The predicted molar refractivity (Wildman–Crippen MR) is 80.4 cm³/mol. The molecule has 0 unspecified atom stereocenters. The summed E-state index contributed by atoms with van der Waals surface area (Å²) in [5.41, 5.74) is 3.05. The van der Waals surface area contributed by atoms with E-state index in [1.807, 2.05) is 13.8 Å². The number of oxime groups is 1. The summed E-state index contributed by atoms with van der Waals surface area (Å²) >= 11 is 0. The first kappa shape index (κ1) is 15.2. The Balaban J connectivity index is 2.41. The van der Waals surface area contributed by atoms with Crippen molar-refractivity contribution in [2.45, 2.75) is 20.8 Å². The summed E-state index contributed by atoms with van der Waals surface area (Å²) in [6.07, 6.45) is 0. The molecule has 0 N–H and O–H groups in total. The Kier molecular flexibility index (Phi) is 4.68. The number of aryl methyl sites for hydroxylation is 1. The fourth-order valence-electron chi connectivity index (χ4n) is 2.09. The van der Waals surface area contributed by atoms with Gasteiger partial charge in [0, 0.05) is 5.56 Å². The van der Waals surface area contributed by atoms with Gasteiger partial charge in [-0.25, -0.2) is 8.78 Å². The van der Waals surface area contributed by atoms with Crippen molar-refractivity contribution in [1.29, 1.82) is 0 Å². The summed E-state index contributed by atoms with van der Waals surface area (Å²) in [7, 11) is 0. The molecule has 2 rings (SSSR count). The number of halogens is 2. The van der Waals surface area contributed by atoms with E-state index in [0.29, 0.717) is 29.0 Å². The molecule has 0 saturated carbocycles. The highest BCUT2D eigenvalue weighted by Crippen LogP contribution is 2.26. The monoisotopic (exact) mass is 289 g/mol. The second kappa shape index (κ2) is 6.48. The quantitative estimate of drug-likeness (QED) is 0.590. The molecule has 0 amide bonds. The maximum Gasteiger partial charge on any atom is 0.132 e. The van der Waals surface area contributed by atoms with Gasteiger partial charge in [0.15, 0.2) is 0 Å². The number of nitrogens with zero attached hydrogens (tertiary/aromatic N) is 1. The molecule has 2 aromatic rings. The smallest absolute Gasteiger partial charge is 0.132 e. The highest BCUT2D eigenvalue weighted by Gasteiger charge is 2.10. The molecule has 0 bridgehead atoms. The molecular formula is C17H17F2NO. The molecule has 0 aliphatic carbocycles. The standard InChI is InChI=1S/C17H17F2NO/c1-4-21-20-12(3)15-8-6-13(9-17(15)19)16-10-14(18)7-5-11(16)2/h5-10H,4H2,1-3H3/b20-12+. The van der Waals surface area contributed by atoms with E-state index < -0.39 is 5.82 Å². The van der Waals surface area contributed by atoms with Gasteiger partial charge in [0.2, 0.25) is 0 Å². The van der Waals surface area contributed by atoms with Crippen LogP contribution in [-0.2, 0) is 4.84 Å². The second-order valence-corrected chi connectivity index (χ2v) is 4.75. The topological polar surface area (TPSA) is 21.6 Å². The highest BCUT2D eigenvalue weighted by molar-refractivity contribution is 5.99. The van der Waals surface area contributed by atoms with Crippen LogP contribution < -0.4 is 0 Å². The van der Waals surface area contributed by atoms with E-state index in [1.54, 1.807) is 25.1 Å². The van der Waals surface area contributed by atoms with Gasteiger partial charge < -0.3 is 4.84 Å². The third-order valence-corrected chi connectivity index (χ3v) is 3.20. The first-order valence-corrected chi connectivity index (χ1v) is 6.76. The molecule has 4 heteroatoms. The van der Waals surface area contributed by atoms with E-state index in [2.05, 4.69) is 5.16 Å². The molecule has 0 heterocycles. The Morgan fingerprint density at radius 2 is 1.90 bits per heavy atom. The molecule has 2 nitrogen and oxygen atoms in total. The highest BCUT2D eigenvalue weighted by atomic mass is 19.1. The number of rotatable bonds is 4. The summed E-state index contributed by atoms with van der Waals surface area (Å²) in [5.74, 6) is -0.744. The van der Waals surface area contributed by atoms with Crippen molar-refractivity contribution in [2.24, 2.45) is 5.16 Å². The van der Waals surface area contributed by atoms with Crippen LogP contribution in [0.5, 0.6) is 0 Å². The summed E-state index contributed by atoms with van der Waals surface area (Å²) in [6.45, 7) is 5.78. The first-order valence-electron chi connectivity index (χ1n) is 6.76. The normalized spacial score (nSPS) is 11.6. The van der Waals surface area contributed by atoms with Gasteiger partial charge in [0.1, 0.15) is 18.2 Å². The molecular weight excluding hydrogens is 272 g/mol. The van der Waals surface area contributed by atoms with Crippen molar-refractivity contribution in [3.05, 3.63) is 59.2 Å². The van der Waals surface area contributed by atoms with Crippen LogP contribution >= 0.6 is 0 Å². The Morgan fingerprint density at radius 1 is 1.14 bits per heavy atom. The average Bonchev–Trinajstić information content (AvgIpc) is 2.47. The third kappa shape index (κ3) is 3.45. The Morgan fingerprint density at radius 3 is 2.57 bits per heavy atom. The van der Waals surface area contributed by atoms with Crippen molar-refractivity contribution >= 4 is 5.71 Å². The van der Waals surface area contributed by atoms with Crippen LogP contribution in [0.2, 0.25) is 0 Å². The van der Waals surface area contributed by atoms with Crippen molar-refractivity contribution in [1.82, 2.24) is 0 Å². The Hall–Kier alpha value is -2.23. The van der Waals surface area contributed by atoms with E-state index in [-0.39, 0.29) is 5.82 Å². The van der Waals surface area contributed by atoms with E-state index >= 15 is 0 Å². The predicted octanol–water partition coefficient (Wildman–Crippen LogP) is 4.70. The zero-order chi connectivity index (χ0) is 15.4. The second-order valence-electron chi connectivity index (χ2n) is 4.75. The molecule has 110 valence electrons. The largest absolute Gasteiger partial charge is 0.396 e. The van der Waals surface area contributed by atoms with Gasteiger partial charge in [-0.05, 0) is 61.7 Å². The van der Waals surface area contributed by atoms with Crippen molar-refractivity contribution < 1.29 is 13.6 Å². The van der Waals surface area contributed by atoms with Crippen LogP contribution in [0.4, 0.5) is 8.78 Å². The summed E-state index contributed by atoms with van der Waals surface area (Å²) in [6, 6.07) is 9.26. The molecule has 0 radical (unpaired) electrons. The lowest BCUT2D eigenvalue weighted by Gasteiger charge is -2.09. The molecule has 2 aromatic carbocycles. The molecule has 0 aliphatic rings. The molecule has 0 aliphatic heterocycles. The zero-order valence-corrected chi connectivity index (χ0v) is 12.3. The average molecular weight is 289 g/mol. The lowest BCUT2D eigenvalue weighted by atomic mass is 9.98. The van der Waals surface area contributed by atoms with Crippen LogP contribution in [0, 0.1) is 18.6 Å². The fourth-order valence-corrected chi connectivity index (χ4v) is 2.09. The van der Waals surface area contributed by atoms with Crippen LogP contribution in [-0.4, -0.2) is 12.3 Å². The molecule has 0 atom stereocenters. The zero-order valence-electron chi connectivity index (χ0n) is 12.3. The summed E-state index contributed by atoms with van der Waals surface area (Å²) in [4.78, 5) is 4.93. The van der Waals surface area contributed by atoms with Crippen LogP contribution in [0.1, 0.15) is 25.0 Å². The first-order chi connectivity index (χ1) is 10.0. The van der Waals surface area contributed by atoms with Gasteiger partial charge in [-0.1, -0.05) is 17.3 Å². The van der Waals surface area contributed by atoms with Gasteiger partial charge >= 0.3 is 0 Å². The van der Waals surface area contributed by atoms with E-state index in [1.165, 1.54) is 18.2 Å². The number of hydrogen-bond donors (Lipinski definition) is 0. The van der Waals surface area contributed by atoms with Crippen LogP contribution in [0.25, 0.3) is 11.1 Å². The maximum atomic E-state index is 14.2. The molecule has 0 saturated heterocycles. The number of hydrogen-bond acceptors (Lipinski definition) is 2. The minimum absolute atomic E-state index is 0.339. The summed E-state index contributed by atoms with van der Waals surface area (Å²) < 4.78 is 27.6. The molecule has 0 spiro atoms. The fraction of sp³-hybridized carbons (Fsp3) is 0.235. The van der Waals surface area contributed by atoms with E-state index in [9.17, 15) is 8.78 Å². The third-order valence-electron chi connectivity index (χ3n) is 3.20. The van der Waals surface area contributed by atoms with E-state index in [4.69, 9.17) is 4.84 Å². The van der Waals surface area contributed by atoms with Gasteiger partial charge in [0.25, 0.3) is 0 Å². The minimum Gasteiger partial charge on any atom is -0.396 e. The van der Waals surface area contributed by atoms with E-state index in [0.717, 1.165) is 5.56 Å². The number of benzene rings is 2. The Labute approximate surface area is 123 Å². The van der Waals surface area contributed by atoms with Gasteiger partial charge in [0.05, 0.1) is 5.71 Å². The van der Waals surface area contributed by atoms with Crippen molar-refractivity contribution in [2.75, 3.05) is 6.61 Å². The lowest BCUT2D eigenvalue weighted by Crippen LogP contribution is -2.00. The Bertz CT molecular complexity index is 680. The van der Waals surface area contributed by atoms with Crippen molar-refractivity contribution in [3.8, 4) is 11.1 Å². The van der Waals surface area contributed by atoms with Crippen LogP contribution in [0.15, 0.2) is 41.6 Å². The molecule has 0 fully saturated rings. The molecule has 21 heavy (non-hydrogen) atoms. The summed E-state index contributed by atoms with van der Waals surface area (Å²) in [5, 5.41) is 3.82. The van der Waals surface area contributed by atoms with Gasteiger partial charge in [-0.15, -0.1) is 0 Å². The van der Waals surface area contributed by atoms with Gasteiger partial charge in [-0.3, -0.25) is 0 Å². The minimum atomic E-state index is -0.405. The van der Waals surface area contributed by atoms with Gasteiger partial charge in [-0.2, -0.15) is 0 Å². The van der Waals surface area contributed by atoms with Crippen molar-refractivity contribution in [3.63, 3.8) is 0 Å². The SMILES string of the molecule is CCO/N=C(\C)c1ccc(-c2cc(F)ccc2C)cc1F. The lowest BCUT2D eigenvalue weighted by molar-refractivity contribution is 0.159.